The van der Waals surface area contributed by atoms with E-state index in [1.807, 2.05) is 12.1 Å². The average Bonchev–Trinajstić information content (AvgIpc) is 3.13. The van der Waals surface area contributed by atoms with Crippen molar-refractivity contribution in [2.24, 2.45) is 0 Å². The van der Waals surface area contributed by atoms with Gasteiger partial charge in [0.15, 0.2) is 0 Å². The fraction of sp³-hybridized carbons (Fsp3) is 0.286. The molecular weight excluding hydrogens is 374 g/mol. The third-order valence-electron chi connectivity index (χ3n) is 4.72. The van der Waals surface area contributed by atoms with Crippen molar-refractivity contribution in [1.82, 2.24) is 14.6 Å². The van der Waals surface area contributed by atoms with Gasteiger partial charge in [0.05, 0.1) is 4.90 Å². The van der Waals surface area contributed by atoms with Gasteiger partial charge in [-0.05, 0) is 55.1 Å². The number of nitrogens with one attached hydrogen (secondary N) is 2. The van der Waals surface area contributed by atoms with Gasteiger partial charge in [0.25, 0.3) is 0 Å². The predicted octanol–water partition coefficient (Wildman–Crippen LogP) is 2.69. The Morgan fingerprint density at radius 2 is 1.79 bits per heavy atom. The molecule has 0 bridgehead atoms. The number of rotatable bonds is 9. The highest BCUT2D eigenvalue weighted by molar-refractivity contribution is 7.89. The Morgan fingerprint density at radius 1 is 1.04 bits per heavy atom. The van der Waals surface area contributed by atoms with Gasteiger partial charge >= 0.3 is 0 Å². The third-order valence-corrected chi connectivity index (χ3v) is 6.15. The number of fused-ring (bicyclic) bond motifs is 1. The molecule has 7 heteroatoms. The quantitative estimate of drug-likeness (QED) is 0.543. The van der Waals surface area contributed by atoms with Crippen LogP contribution in [0.5, 0.6) is 0 Å². The maximum absolute atomic E-state index is 12.0. The highest BCUT2D eigenvalue weighted by atomic mass is 32.2. The van der Waals surface area contributed by atoms with E-state index in [1.54, 1.807) is 24.3 Å². The molecule has 1 amide bonds. The molecule has 0 saturated carbocycles. The highest BCUT2D eigenvalue weighted by Crippen LogP contribution is 2.15. The lowest BCUT2D eigenvalue weighted by atomic mass is 10.1. The van der Waals surface area contributed by atoms with Gasteiger partial charge in [-0.15, -0.1) is 0 Å². The molecular formula is C21H25N3O3S. The molecule has 3 aromatic rings. The van der Waals surface area contributed by atoms with E-state index in [1.165, 1.54) is 18.0 Å². The summed E-state index contributed by atoms with van der Waals surface area (Å²) in [5.74, 6) is 0.00397. The van der Waals surface area contributed by atoms with Crippen LogP contribution in [0.4, 0.5) is 0 Å². The minimum atomic E-state index is -3.42. The number of para-hydroxylation sites is 1. The maximum Gasteiger partial charge on any atom is 0.240 e. The molecule has 28 heavy (non-hydrogen) atoms. The van der Waals surface area contributed by atoms with Crippen LogP contribution >= 0.6 is 0 Å². The van der Waals surface area contributed by atoms with Crippen LogP contribution in [0.2, 0.25) is 0 Å². The van der Waals surface area contributed by atoms with Crippen molar-refractivity contribution in [3.63, 3.8) is 0 Å². The van der Waals surface area contributed by atoms with Gasteiger partial charge in [-0.1, -0.05) is 30.3 Å². The molecule has 0 atom stereocenters. The normalized spacial score (nSPS) is 11.6. The number of carbonyl (C=O) groups excluding carboxylic acids is 1. The SMILES string of the molecule is CNS(=O)(=O)c1ccc(CCC(=O)NCCCn2ccc3ccccc32)cc1. The summed E-state index contributed by atoms with van der Waals surface area (Å²) < 4.78 is 27.9. The van der Waals surface area contributed by atoms with E-state index in [0.717, 1.165) is 18.5 Å². The molecule has 0 aliphatic carbocycles. The molecule has 0 saturated heterocycles. The van der Waals surface area contributed by atoms with Gasteiger partial charge < -0.3 is 9.88 Å². The van der Waals surface area contributed by atoms with Crippen LogP contribution in [0, 0.1) is 0 Å². The van der Waals surface area contributed by atoms with Crippen molar-refractivity contribution in [2.75, 3.05) is 13.6 Å². The first-order valence-corrected chi connectivity index (χ1v) is 10.8. The van der Waals surface area contributed by atoms with Gasteiger partial charge in [0, 0.05) is 31.2 Å². The summed E-state index contributed by atoms with van der Waals surface area (Å²) in [6.07, 6.45) is 3.89. The van der Waals surface area contributed by atoms with E-state index in [0.29, 0.717) is 19.4 Å². The first kappa shape index (κ1) is 20.1. The number of hydrogen-bond acceptors (Lipinski definition) is 3. The van der Waals surface area contributed by atoms with Gasteiger partial charge in [-0.25, -0.2) is 13.1 Å². The molecule has 3 rings (SSSR count). The molecule has 2 aromatic carbocycles. The van der Waals surface area contributed by atoms with E-state index in [4.69, 9.17) is 0 Å². The van der Waals surface area contributed by atoms with E-state index in [-0.39, 0.29) is 10.8 Å². The van der Waals surface area contributed by atoms with Crippen LogP contribution < -0.4 is 10.0 Å². The topological polar surface area (TPSA) is 80.2 Å². The fourth-order valence-electron chi connectivity index (χ4n) is 3.11. The Bertz CT molecular complexity index is 1040. The lowest BCUT2D eigenvalue weighted by Crippen LogP contribution is -2.25. The summed E-state index contributed by atoms with van der Waals surface area (Å²) in [5, 5.41) is 4.17. The zero-order valence-corrected chi connectivity index (χ0v) is 16.7. The standard InChI is InChI=1S/C21H25N3O3S/c1-22-28(26,27)19-10-7-17(8-11-19)9-12-21(25)23-14-4-15-24-16-13-18-5-2-3-6-20(18)24/h2-3,5-8,10-11,13,16,22H,4,9,12,14-15H2,1H3,(H,23,25). The molecule has 0 aliphatic heterocycles. The van der Waals surface area contributed by atoms with Gasteiger partial charge in [0.2, 0.25) is 15.9 Å². The molecule has 0 unspecified atom stereocenters. The van der Waals surface area contributed by atoms with Crippen LogP contribution in [0.1, 0.15) is 18.4 Å². The van der Waals surface area contributed by atoms with Crippen LogP contribution in [-0.2, 0) is 27.8 Å². The smallest absolute Gasteiger partial charge is 0.240 e. The van der Waals surface area contributed by atoms with E-state index < -0.39 is 10.0 Å². The largest absolute Gasteiger partial charge is 0.356 e. The molecule has 0 spiro atoms. The summed E-state index contributed by atoms with van der Waals surface area (Å²) in [5.41, 5.74) is 2.14. The van der Waals surface area contributed by atoms with Gasteiger partial charge in [-0.3, -0.25) is 4.79 Å². The summed E-state index contributed by atoms with van der Waals surface area (Å²) in [6.45, 7) is 1.49. The van der Waals surface area contributed by atoms with Crippen molar-refractivity contribution in [1.29, 1.82) is 0 Å². The summed E-state index contributed by atoms with van der Waals surface area (Å²) in [7, 11) is -2.04. The first-order valence-electron chi connectivity index (χ1n) is 9.33. The van der Waals surface area contributed by atoms with Crippen LogP contribution in [0.3, 0.4) is 0 Å². The van der Waals surface area contributed by atoms with Crippen LogP contribution in [0.15, 0.2) is 65.7 Å². The predicted molar refractivity (Wildman–Crippen MR) is 111 cm³/mol. The third kappa shape index (κ3) is 4.99. The molecule has 0 fully saturated rings. The van der Waals surface area contributed by atoms with Crippen molar-refractivity contribution >= 4 is 26.8 Å². The zero-order valence-electron chi connectivity index (χ0n) is 15.9. The van der Waals surface area contributed by atoms with E-state index in [9.17, 15) is 13.2 Å². The number of nitrogens with zero attached hydrogens (tertiary/aromatic N) is 1. The number of amides is 1. The Morgan fingerprint density at radius 3 is 2.54 bits per heavy atom. The van der Waals surface area contributed by atoms with Gasteiger partial charge in [0.1, 0.15) is 0 Å². The van der Waals surface area contributed by atoms with Crippen LogP contribution in [-0.4, -0.2) is 32.5 Å². The molecule has 148 valence electrons. The minimum Gasteiger partial charge on any atom is -0.356 e. The number of aromatic nitrogens is 1. The minimum absolute atomic E-state index is 0.00397. The fourth-order valence-corrected chi connectivity index (χ4v) is 3.84. The Kier molecular flexibility index (Phi) is 6.49. The molecule has 6 nitrogen and oxygen atoms in total. The summed E-state index contributed by atoms with van der Waals surface area (Å²) in [6, 6.07) is 16.9. The monoisotopic (exact) mass is 399 g/mol. The zero-order chi connectivity index (χ0) is 20.0. The number of hydrogen-bond donors (Lipinski definition) is 2. The highest BCUT2D eigenvalue weighted by Gasteiger charge is 2.10. The summed E-state index contributed by atoms with van der Waals surface area (Å²) >= 11 is 0. The summed E-state index contributed by atoms with van der Waals surface area (Å²) in [4.78, 5) is 12.3. The maximum atomic E-state index is 12.0. The number of aryl methyl sites for hydroxylation is 2. The van der Waals surface area contributed by atoms with Crippen molar-refractivity contribution in [3.8, 4) is 0 Å². The van der Waals surface area contributed by atoms with Crippen molar-refractivity contribution in [2.45, 2.75) is 30.7 Å². The first-order chi connectivity index (χ1) is 13.5. The molecule has 2 N–H and O–H groups in total. The lowest BCUT2D eigenvalue weighted by Gasteiger charge is -2.08. The second-order valence-corrected chi connectivity index (χ2v) is 8.51. The van der Waals surface area contributed by atoms with Crippen LogP contribution in [0.25, 0.3) is 10.9 Å². The second-order valence-electron chi connectivity index (χ2n) is 6.62. The molecule has 1 heterocycles. The van der Waals surface area contributed by atoms with Crippen molar-refractivity contribution < 1.29 is 13.2 Å². The molecule has 1 aromatic heterocycles. The van der Waals surface area contributed by atoms with E-state index in [2.05, 4.69) is 39.0 Å². The van der Waals surface area contributed by atoms with Gasteiger partial charge in [-0.2, -0.15) is 0 Å². The lowest BCUT2D eigenvalue weighted by molar-refractivity contribution is -0.121. The average molecular weight is 400 g/mol. The van der Waals surface area contributed by atoms with Crippen molar-refractivity contribution in [3.05, 3.63) is 66.4 Å². The Hall–Kier alpha value is -2.64. The Labute approximate surface area is 165 Å². The second kappa shape index (κ2) is 9.03. The number of carbonyl (C=O) groups is 1. The Balaban J connectivity index is 1.40. The number of benzene rings is 2. The molecule has 0 aliphatic rings. The molecule has 0 radical (unpaired) electrons. The number of sulfonamides is 1. The van der Waals surface area contributed by atoms with E-state index >= 15 is 0 Å².